The fourth-order valence-electron chi connectivity index (χ4n) is 1.60. The molecule has 0 rings (SSSR count). The Morgan fingerprint density at radius 1 is 1.20 bits per heavy atom. The Hall–Kier alpha value is 0.110. The summed E-state index contributed by atoms with van der Waals surface area (Å²) in [4.78, 5) is 0. The Bertz CT molecular complexity index is 173. The third-order valence-corrected chi connectivity index (χ3v) is 4.83. The van der Waals surface area contributed by atoms with Gasteiger partial charge >= 0.3 is 0 Å². The average molecular weight is 233 g/mol. The maximum atomic E-state index is 11.7. The molecule has 0 saturated carbocycles. The van der Waals surface area contributed by atoms with Gasteiger partial charge in [-0.05, 0) is 32.2 Å². The molecule has 0 aromatic heterocycles. The lowest BCUT2D eigenvalue weighted by atomic mass is 10.1. The highest BCUT2D eigenvalue weighted by Gasteiger charge is 2.09. The Balaban J connectivity index is 3.63. The van der Waals surface area contributed by atoms with Crippen LogP contribution in [0.5, 0.6) is 0 Å². The van der Waals surface area contributed by atoms with Gasteiger partial charge in [0.15, 0.2) is 0 Å². The summed E-state index contributed by atoms with van der Waals surface area (Å²) in [6.07, 6.45) is 4.44. The summed E-state index contributed by atoms with van der Waals surface area (Å²) in [5.41, 5.74) is 0. The van der Waals surface area contributed by atoms with E-state index in [2.05, 4.69) is 33.0 Å². The van der Waals surface area contributed by atoms with E-state index in [0.717, 1.165) is 31.6 Å². The van der Waals surface area contributed by atoms with Crippen LogP contribution in [0.15, 0.2) is 0 Å². The molecule has 92 valence electrons. The van der Waals surface area contributed by atoms with Gasteiger partial charge in [-0.2, -0.15) is 0 Å². The minimum atomic E-state index is -0.615. The molecule has 0 amide bonds. The van der Waals surface area contributed by atoms with Crippen LogP contribution in [-0.2, 0) is 10.8 Å². The molecule has 0 aromatic carbocycles. The first kappa shape index (κ1) is 15.1. The molecule has 15 heavy (non-hydrogen) atoms. The van der Waals surface area contributed by atoms with E-state index >= 15 is 0 Å². The van der Waals surface area contributed by atoms with E-state index in [1.807, 2.05) is 0 Å². The van der Waals surface area contributed by atoms with Crippen molar-refractivity contribution in [2.75, 3.05) is 12.3 Å². The molecule has 0 saturated heterocycles. The normalized spacial score (nSPS) is 17.3. The molecule has 0 fully saturated rings. The first-order chi connectivity index (χ1) is 7.15. The molecule has 3 unspecified atom stereocenters. The molecule has 0 aliphatic carbocycles. The Morgan fingerprint density at radius 2 is 1.87 bits per heavy atom. The first-order valence-corrected chi connectivity index (χ1v) is 7.64. The first-order valence-electron chi connectivity index (χ1n) is 6.26. The summed E-state index contributed by atoms with van der Waals surface area (Å²) in [5.74, 6) is 0.872. The molecule has 2 nitrogen and oxygen atoms in total. The van der Waals surface area contributed by atoms with Gasteiger partial charge in [0.25, 0.3) is 0 Å². The number of rotatable bonds is 9. The van der Waals surface area contributed by atoms with Crippen LogP contribution < -0.4 is 5.32 Å². The van der Waals surface area contributed by atoms with E-state index in [1.54, 1.807) is 0 Å². The molecule has 0 spiro atoms. The third-order valence-electron chi connectivity index (χ3n) is 2.91. The summed E-state index contributed by atoms with van der Waals surface area (Å²) in [6, 6.07) is 0.615. The lowest BCUT2D eigenvalue weighted by molar-refractivity contribution is 0.476. The molecule has 3 heteroatoms. The Kier molecular flexibility index (Phi) is 9.41. The number of hydrogen-bond acceptors (Lipinski definition) is 2. The molecule has 0 heterocycles. The number of hydrogen-bond donors (Lipinski definition) is 1. The summed E-state index contributed by atoms with van der Waals surface area (Å²) in [5, 5.41) is 3.82. The highest BCUT2D eigenvalue weighted by Crippen LogP contribution is 2.07. The third kappa shape index (κ3) is 7.07. The summed E-state index contributed by atoms with van der Waals surface area (Å²) in [6.45, 7) is 9.57. The van der Waals surface area contributed by atoms with Crippen LogP contribution in [0.3, 0.4) is 0 Å². The molecule has 0 aliphatic heterocycles. The van der Waals surface area contributed by atoms with Crippen LogP contribution in [0.2, 0.25) is 0 Å². The van der Waals surface area contributed by atoms with Crippen molar-refractivity contribution >= 4 is 10.8 Å². The maximum absolute atomic E-state index is 11.7. The summed E-state index contributed by atoms with van der Waals surface area (Å²) >= 11 is 0. The smallest absolute Gasteiger partial charge is 0.0317 e. The van der Waals surface area contributed by atoms with Crippen LogP contribution in [0.1, 0.15) is 53.4 Å². The monoisotopic (exact) mass is 233 g/mol. The van der Waals surface area contributed by atoms with Crippen LogP contribution in [-0.4, -0.2) is 27.8 Å². The van der Waals surface area contributed by atoms with E-state index in [1.165, 1.54) is 6.42 Å². The van der Waals surface area contributed by atoms with E-state index in [9.17, 15) is 4.21 Å². The zero-order valence-electron chi connectivity index (χ0n) is 10.7. The van der Waals surface area contributed by atoms with Gasteiger partial charge in [-0.1, -0.05) is 27.7 Å². The van der Waals surface area contributed by atoms with Gasteiger partial charge in [0.2, 0.25) is 0 Å². The molecule has 0 radical (unpaired) electrons. The van der Waals surface area contributed by atoms with Crippen LogP contribution in [0.4, 0.5) is 0 Å². The highest BCUT2D eigenvalue weighted by molar-refractivity contribution is 7.85. The van der Waals surface area contributed by atoms with E-state index in [-0.39, 0.29) is 0 Å². The molecule has 1 N–H and O–H groups in total. The van der Waals surface area contributed by atoms with Gasteiger partial charge in [-0.25, -0.2) is 0 Å². The van der Waals surface area contributed by atoms with Crippen molar-refractivity contribution in [2.45, 2.75) is 64.7 Å². The summed E-state index contributed by atoms with van der Waals surface area (Å²) in [7, 11) is -0.615. The molecule has 0 aliphatic rings. The highest BCUT2D eigenvalue weighted by atomic mass is 32.2. The SMILES string of the molecule is CCNC(CC)CCCS(=O)C(C)CC. The van der Waals surface area contributed by atoms with E-state index < -0.39 is 10.8 Å². The molecule has 0 aromatic rings. The fraction of sp³-hybridized carbons (Fsp3) is 1.00. The Labute approximate surface area is 97.7 Å². The van der Waals surface area contributed by atoms with Crippen LogP contribution in [0, 0.1) is 0 Å². The zero-order valence-corrected chi connectivity index (χ0v) is 11.5. The van der Waals surface area contributed by atoms with Crippen molar-refractivity contribution in [2.24, 2.45) is 0 Å². The van der Waals surface area contributed by atoms with Crippen molar-refractivity contribution < 1.29 is 4.21 Å². The van der Waals surface area contributed by atoms with Gasteiger partial charge in [-0.15, -0.1) is 0 Å². The standard InChI is InChI=1S/C12H27NOS/c1-5-11(4)15(14)10-8-9-12(6-2)13-7-3/h11-13H,5-10H2,1-4H3. The van der Waals surface area contributed by atoms with Crippen molar-refractivity contribution in [3.05, 3.63) is 0 Å². The van der Waals surface area contributed by atoms with Gasteiger partial charge in [0.05, 0.1) is 0 Å². The quantitative estimate of drug-likeness (QED) is 0.663. The lowest BCUT2D eigenvalue weighted by Crippen LogP contribution is -2.28. The maximum Gasteiger partial charge on any atom is 0.0317 e. The molecule has 0 bridgehead atoms. The predicted octanol–water partition coefficient (Wildman–Crippen LogP) is 2.70. The second-order valence-electron chi connectivity index (χ2n) is 4.11. The van der Waals surface area contributed by atoms with Crippen molar-refractivity contribution in [3.63, 3.8) is 0 Å². The lowest BCUT2D eigenvalue weighted by Gasteiger charge is -2.16. The second-order valence-corrected chi connectivity index (χ2v) is 6.08. The molecular weight excluding hydrogens is 206 g/mol. The zero-order chi connectivity index (χ0) is 11.7. The van der Waals surface area contributed by atoms with Gasteiger partial charge in [-0.3, -0.25) is 4.21 Å². The number of nitrogens with one attached hydrogen (secondary N) is 1. The van der Waals surface area contributed by atoms with Crippen molar-refractivity contribution in [3.8, 4) is 0 Å². The fourth-order valence-corrected chi connectivity index (χ4v) is 2.82. The topological polar surface area (TPSA) is 29.1 Å². The van der Waals surface area contributed by atoms with E-state index in [4.69, 9.17) is 0 Å². The van der Waals surface area contributed by atoms with Gasteiger partial charge < -0.3 is 5.32 Å². The molecular formula is C12H27NOS. The average Bonchev–Trinajstić information content (AvgIpc) is 2.26. The minimum Gasteiger partial charge on any atom is -0.314 e. The van der Waals surface area contributed by atoms with Crippen LogP contribution in [0.25, 0.3) is 0 Å². The molecule has 3 atom stereocenters. The van der Waals surface area contributed by atoms with Gasteiger partial charge in [0, 0.05) is 27.8 Å². The minimum absolute atomic E-state index is 0.365. The largest absolute Gasteiger partial charge is 0.314 e. The second kappa shape index (κ2) is 9.34. The van der Waals surface area contributed by atoms with Gasteiger partial charge in [0.1, 0.15) is 0 Å². The Morgan fingerprint density at radius 3 is 2.33 bits per heavy atom. The predicted molar refractivity (Wildman–Crippen MR) is 69.8 cm³/mol. The van der Waals surface area contributed by atoms with Crippen molar-refractivity contribution in [1.82, 2.24) is 5.32 Å². The van der Waals surface area contributed by atoms with E-state index in [0.29, 0.717) is 11.3 Å². The summed E-state index contributed by atoms with van der Waals surface area (Å²) < 4.78 is 11.7. The van der Waals surface area contributed by atoms with Crippen molar-refractivity contribution in [1.29, 1.82) is 0 Å². The van der Waals surface area contributed by atoms with Crippen LogP contribution >= 0.6 is 0 Å².